The highest BCUT2D eigenvalue weighted by molar-refractivity contribution is 5.89. The van der Waals surface area contributed by atoms with E-state index in [0.717, 1.165) is 24.4 Å². The van der Waals surface area contributed by atoms with Crippen LogP contribution < -0.4 is 10.6 Å². The van der Waals surface area contributed by atoms with E-state index in [9.17, 15) is 4.79 Å². The number of benzene rings is 1. The van der Waals surface area contributed by atoms with Crippen LogP contribution in [0.15, 0.2) is 30.3 Å². The number of amides is 2. The molecule has 1 aromatic rings. The molecule has 18 heavy (non-hydrogen) atoms. The average molecular weight is 246 g/mol. The van der Waals surface area contributed by atoms with Crippen LogP contribution in [-0.4, -0.2) is 12.1 Å². The van der Waals surface area contributed by atoms with Crippen molar-refractivity contribution in [1.29, 1.82) is 0 Å². The number of urea groups is 1. The Kier molecular flexibility index (Phi) is 4.62. The van der Waals surface area contributed by atoms with Gasteiger partial charge in [-0.25, -0.2) is 4.79 Å². The molecule has 0 radical (unpaired) electrons. The monoisotopic (exact) mass is 246 g/mol. The van der Waals surface area contributed by atoms with Crippen molar-refractivity contribution in [2.24, 2.45) is 5.92 Å². The van der Waals surface area contributed by atoms with E-state index in [1.807, 2.05) is 30.3 Å². The highest BCUT2D eigenvalue weighted by Crippen LogP contribution is 2.26. The number of rotatable bonds is 3. The standard InChI is InChI=1S/C15H22N2O/c1-2-12-8-10-14(11-9-12)17-15(18)16-13-6-4-3-5-7-13/h3-7,12,14H,2,8-11H2,1H3,(H2,16,17,18). The maximum Gasteiger partial charge on any atom is 0.319 e. The van der Waals surface area contributed by atoms with E-state index in [1.165, 1.54) is 19.3 Å². The first kappa shape index (κ1) is 12.9. The molecule has 3 nitrogen and oxygen atoms in total. The van der Waals surface area contributed by atoms with Gasteiger partial charge in [0.05, 0.1) is 0 Å². The highest BCUT2D eigenvalue weighted by atomic mass is 16.2. The van der Waals surface area contributed by atoms with Crippen LogP contribution in [-0.2, 0) is 0 Å². The summed E-state index contributed by atoms with van der Waals surface area (Å²) in [5, 5.41) is 5.93. The van der Waals surface area contributed by atoms with E-state index >= 15 is 0 Å². The fourth-order valence-electron chi connectivity index (χ4n) is 2.59. The summed E-state index contributed by atoms with van der Waals surface area (Å²) in [5.74, 6) is 0.861. The molecule has 0 aromatic heterocycles. The summed E-state index contributed by atoms with van der Waals surface area (Å²) in [4.78, 5) is 11.8. The molecule has 0 spiro atoms. The van der Waals surface area contributed by atoms with Crippen molar-refractivity contribution in [2.45, 2.75) is 45.1 Å². The minimum absolute atomic E-state index is 0.0823. The predicted octanol–water partition coefficient (Wildman–Crippen LogP) is 3.78. The summed E-state index contributed by atoms with van der Waals surface area (Å²) in [5.41, 5.74) is 0.845. The second-order valence-electron chi connectivity index (χ2n) is 5.09. The van der Waals surface area contributed by atoms with E-state index in [1.54, 1.807) is 0 Å². The predicted molar refractivity (Wildman–Crippen MR) is 74.6 cm³/mol. The summed E-state index contributed by atoms with van der Waals surface area (Å²) in [6, 6.07) is 9.83. The van der Waals surface area contributed by atoms with Gasteiger partial charge in [0, 0.05) is 11.7 Å². The zero-order valence-electron chi connectivity index (χ0n) is 11.0. The van der Waals surface area contributed by atoms with Gasteiger partial charge in [-0.3, -0.25) is 0 Å². The molecule has 1 fully saturated rings. The molecule has 0 bridgehead atoms. The molecule has 3 heteroatoms. The van der Waals surface area contributed by atoms with Gasteiger partial charge in [0.1, 0.15) is 0 Å². The molecular formula is C15H22N2O. The molecular weight excluding hydrogens is 224 g/mol. The average Bonchev–Trinajstić information content (AvgIpc) is 2.40. The van der Waals surface area contributed by atoms with Gasteiger partial charge < -0.3 is 10.6 Å². The van der Waals surface area contributed by atoms with Crippen molar-refractivity contribution in [1.82, 2.24) is 5.32 Å². The molecule has 2 amide bonds. The number of carbonyl (C=O) groups excluding carboxylic acids is 1. The fourth-order valence-corrected chi connectivity index (χ4v) is 2.59. The van der Waals surface area contributed by atoms with Crippen molar-refractivity contribution in [3.63, 3.8) is 0 Å². The van der Waals surface area contributed by atoms with Gasteiger partial charge in [-0.05, 0) is 43.7 Å². The van der Waals surface area contributed by atoms with Crippen LogP contribution in [0.1, 0.15) is 39.0 Å². The van der Waals surface area contributed by atoms with Crippen LogP contribution in [0.2, 0.25) is 0 Å². The number of hydrogen-bond donors (Lipinski definition) is 2. The Morgan fingerprint density at radius 3 is 2.44 bits per heavy atom. The van der Waals surface area contributed by atoms with Crippen molar-refractivity contribution < 1.29 is 4.79 Å². The number of anilines is 1. The molecule has 0 unspecified atom stereocenters. The van der Waals surface area contributed by atoms with E-state index in [4.69, 9.17) is 0 Å². The SMILES string of the molecule is CCC1CCC(NC(=O)Nc2ccccc2)CC1. The van der Waals surface area contributed by atoms with E-state index in [0.29, 0.717) is 6.04 Å². The van der Waals surface area contributed by atoms with Gasteiger partial charge in [0.2, 0.25) is 0 Å². The van der Waals surface area contributed by atoms with Crippen molar-refractivity contribution in [3.05, 3.63) is 30.3 Å². The Hall–Kier alpha value is -1.51. The topological polar surface area (TPSA) is 41.1 Å². The largest absolute Gasteiger partial charge is 0.335 e. The lowest BCUT2D eigenvalue weighted by molar-refractivity contribution is 0.237. The van der Waals surface area contributed by atoms with Crippen LogP contribution >= 0.6 is 0 Å². The quantitative estimate of drug-likeness (QED) is 0.837. The molecule has 1 aliphatic carbocycles. The molecule has 2 N–H and O–H groups in total. The maximum absolute atomic E-state index is 11.8. The molecule has 1 aliphatic rings. The lowest BCUT2D eigenvalue weighted by Crippen LogP contribution is -2.40. The zero-order valence-corrected chi connectivity index (χ0v) is 11.0. The second kappa shape index (κ2) is 6.43. The summed E-state index contributed by atoms with van der Waals surface area (Å²) >= 11 is 0. The Balaban J connectivity index is 1.75. The van der Waals surface area contributed by atoms with Gasteiger partial charge in [0.15, 0.2) is 0 Å². The minimum atomic E-state index is -0.0823. The van der Waals surface area contributed by atoms with Crippen molar-refractivity contribution in [2.75, 3.05) is 5.32 Å². The van der Waals surface area contributed by atoms with E-state index < -0.39 is 0 Å². The van der Waals surface area contributed by atoms with Gasteiger partial charge in [-0.15, -0.1) is 0 Å². The van der Waals surface area contributed by atoms with E-state index in [-0.39, 0.29) is 6.03 Å². The molecule has 1 aromatic carbocycles. The number of para-hydroxylation sites is 1. The Morgan fingerprint density at radius 1 is 1.17 bits per heavy atom. The molecule has 1 saturated carbocycles. The van der Waals surface area contributed by atoms with E-state index in [2.05, 4.69) is 17.6 Å². The molecule has 0 aliphatic heterocycles. The number of hydrogen-bond acceptors (Lipinski definition) is 1. The summed E-state index contributed by atoms with van der Waals surface area (Å²) < 4.78 is 0. The van der Waals surface area contributed by atoms with Crippen LogP contribution in [0.25, 0.3) is 0 Å². The molecule has 0 atom stereocenters. The third-order valence-electron chi connectivity index (χ3n) is 3.79. The first-order chi connectivity index (χ1) is 8.78. The first-order valence-electron chi connectivity index (χ1n) is 6.90. The normalized spacial score (nSPS) is 23.4. The van der Waals surface area contributed by atoms with Gasteiger partial charge >= 0.3 is 6.03 Å². The fraction of sp³-hybridized carbons (Fsp3) is 0.533. The van der Waals surface area contributed by atoms with Crippen LogP contribution in [0.4, 0.5) is 10.5 Å². The Labute approximate surface area is 109 Å². The van der Waals surface area contributed by atoms with Crippen LogP contribution in [0, 0.1) is 5.92 Å². The number of nitrogens with one attached hydrogen (secondary N) is 2. The summed E-state index contributed by atoms with van der Waals surface area (Å²) in [6.45, 7) is 2.25. The Bertz CT molecular complexity index is 369. The zero-order chi connectivity index (χ0) is 12.8. The van der Waals surface area contributed by atoms with Gasteiger partial charge in [-0.1, -0.05) is 31.5 Å². The van der Waals surface area contributed by atoms with Gasteiger partial charge in [0.25, 0.3) is 0 Å². The van der Waals surface area contributed by atoms with Gasteiger partial charge in [-0.2, -0.15) is 0 Å². The second-order valence-corrected chi connectivity index (χ2v) is 5.09. The third kappa shape index (κ3) is 3.76. The Morgan fingerprint density at radius 2 is 1.83 bits per heavy atom. The minimum Gasteiger partial charge on any atom is -0.335 e. The van der Waals surface area contributed by atoms with Crippen molar-refractivity contribution >= 4 is 11.7 Å². The smallest absolute Gasteiger partial charge is 0.319 e. The first-order valence-corrected chi connectivity index (χ1v) is 6.90. The highest BCUT2D eigenvalue weighted by Gasteiger charge is 2.21. The molecule has 98 valence electrons. The molecule has 2 rings (SSSR count). The molecule has 0 heterocycles. The van der Waals surface area contributed by atoms with Crippen LogP contribution in [0.3, 0.4) is 0 Å². The maximum atomic E-state index is 11.8. The summed E-state index contributed by atoms with van der Waals surface area (Å²) in [7, 11) is 0. The lowest BCUT2D eigenvalue weighted by Gasteiger charge is -2.28. The van der Waals surface area contributed by atoms with Crippen LogP contribution in [0.5, 0.6) is 0 Å². The molecule has 0 saturated heterocycles. The third-order valence-corrected chi connectivity index (χ3v) is 3.79. The lowest BCUT2D eigenvalue weighted by atomic mass is 9.85. The van der Waals surface area contributed by atoms with Crippen molar-refractivity contribution in [3.8, 4) is 0 Å². The summed E-state index contributed by atoms with van der Waals surface area (Å²) in [6.07, 6.45) is 5.98. The number of carbonyl (C=O) groups is 1.